The van der Waals surface area contributed by atoms with E-state index >= 15 is 0 Å². The lowest BCUT2D eigenvalue weighted by molar-refractivity contribution is 0.113. The molecule has 1 heteroatoms. The molecule has 174 valence electrons. The van der Waals surface area contributed by atoms with Crippen LogP contribution < -0.4 is 0 Å². The van der Waals surface area contributed by atoms with Gasteiger partial charge in [-0.2, -0.15) is 0 Å². The lowest BCUT2D eigenvalue weighted by atomic mass is 9.63. The smallest absolute Gasteiger partial charge is 0.131 e. The average molecular weight is 435 g/mol. The van der Waals surface area contributed by atoms with Gasteiger partial charge in [-0.05, 0) is 97.3 Å². The minimum absolute atomic E-state index is 0.0588. The maximum Gasteiger partial charge on any atom is 0.131 e. The highest BCUT2D eigenvalue weighted by atomic mass is 19.1. The SMILES string of the molecule is C=CCCc1cc(F)c2cc(C3CCC4CC(CCCCCCC)CCC4C3)ccc2c1. The lowest BCUT2D eigenvalue weighted by Crippen LogP contribution is -2.30. The van der Waals surface area contributed by atoms with E-state index in [1.165, 1.54) is 82.6 Å². The first-order valence-electron chi connectivity index (χ1n) is 13.5. The van der Waals surface area contributed by atoms with E-state index in [2.05, 4.69) is 37.8 Å². The Morgan fingerprint density at radius 2 is 1.75 bits per heavy atom. The Balaban J connectivity index is 1.34. The number of benzene rings is 2. The third-order valence-electron chi connectivity index (χ3n) is 8.53. The largest absolute Gasteiger partial charge is 0.206 e. The molecule has 0 saturated heterocycles. The van der Waals surface area contributed by atoms with Gasteiger partial charge in [-0.25, -0.2) is 4.39 Å². The predicted octanol–water partition coefficient (Wildman–Crippen LogP) is 9.76. The van der Waals surface area contributed by atoms with Crippen molar-refractivity contribution in [3.05, 3.63) is 59.9 Å². The zero-order valence-electron chi connectivity index (χ0n) is 20.3. The van der Waals surface area contributed by atoms with Gasteiger partial charge in [0.1, 0.15) is 5.82 Å². The molecular formula is C31H43F. The Hall–Kier alpha value is -1.63. The molecular weight excluding hydrogens is 391 g/mol. The lowest BCUT2D eigenvalue weighted by Gasteiger charge is -2.42. The molecule has 0 radical (unpaired) electrons. The predicted molar refractivity (Wildman–Crippen MR) is 137 cm³/mol. The summed E-state index contributed by atoms with van der Waals surface area (Å²) in [6.07, 6.45) is 20.5. The number of aryl methyl sites for hydroxylation is 1. The quantitative estimate of drug-likeness (QED) is 0.258. The second kappa shape index (κ2) is 11.5. The molecule has 32 heavy (non-hydrogen) atoms. The number of halogens is 1. The molecule has 0 bridgehead atoms. The molecule has 2 fully saturated rings. The zero-order chi connectivity index (χ0) is 22.3. The average Bonchev–Trinajstić information content (AvgIpc) is 2.82. The highest BCUT2D eigenvalue weighted by molar-refractivity contribution is 5.84. The number of unbranched alkanes of at least 4 members (excludes halogenated alkanes) is 4. The summed E-state index contributed by atoms with van der Waals surface area (Å²) in [5.74, 6) is 3.39. The Morgan fingerprint density at radius 3 is 2.59 bits per heavy atom. The second-order valence-electron chi connectivity index (χ2n) is 10.8. The molecule has 2 aliphatic rings. The number of hydrogen-bond donors (Lipinski definition) is 0. The summed E-state index contributed by atoms with van der Waals surface area (Å²) in [5, 5.41) is 1.85. The van der Waals surface area contributed by atoms with Crippen LogP contribution in [0, 0.1) is 23.6 Å². The van der Waals surface area contributed by atoms with Crippen LogP contribution in [0.4, 0.5) is 4.39 Å². The van der Waals surface area contributed by atoms with Crippen LogP contribution in [0.25, 0.3) is 10.8 Å². The maximum atomic E-state index is 14.9. The number of rotatable bonds is 10. The molecule has 0 aromatic heterocycles. The first-order chi connectivity index (χ1) is 15.7. The van der Waals surface area contributed by atoms with E-state index in [0.717, 1.165) is 46.9 Å². The normalized spacial score (nSPS) is 25.6. The van der Waals surface area contributed by atoms with E-state index in [-0.39, 0.29) is 5.82 Å². The Morgan fingerprint density at radius 1 is 0.938 bits per heavy atom. The highest BCUT2D eigenvalue weighted by Crippen LogP contribution is 2.48. The van der Waals surface area contributed by atoms with Gasteiger partial charge in [-0.3, -0.25) is 0 Å². The van der Waals surface area contributed by atoms with E-state index < -0.39 is 0 Å². The van der Waals surface area contributed by atoms with Gasteiger partial charge in [0.2, 0.25) is 0 Å². The first-order valence-corrected chi connectivity index (χ1v) is 13.5. The zero-order valence-corrected chi connectivity index (χ0v) is 20.3. The molecule has 2 aromatic carbocycles. The maximum absolute atomic E-state index is 14.9. The van der Waals surface area contributed by atoms with Gasteiger partial charge in [0, 0.05) is 5.39 Å². The molecule has 2 saturated carbocycles. The van der Waals surface area contributed by atoms with Crippen molar-refractivity contribution in [2.45, 2.75) is 103 Å². The van der Waals surface area contributed by atoms with Gasteiger partial charge < -0.3 is 0 Å². The molecule has 4 unspecified atom stereocenters. The van der Waals surface area contributed by atoms with Crippen molar-refractivity contribution in [1.29, 1.82) is 0 Å². The van der Waals surface area contributed by atoms with E-state index in [0.29, 0.717) is 5.92 Å². The summed E-state index contributed by atoms with van der Waals surface area (Å²) in [6, 6.07) is 10.5. The van der Waals surface area contributed by atoms with Gasteiger partial charge in [0.25, 0.3) is 0 Å². The van der Waals surface area contributed by atoms with Crippen molar-refractivity contribution in [2.24, 2.45) is 17.8 Å². The molecule has 0 N–H and O–H groups in total. The summed E-state index contributed by atoms with van der Waals surface area (Å²) >= 11 is 0. The van der Waals surface area contributed by atoms with Gasteiger partial charge in [-0.15, -0.1) is 6.58 Å². The van der Waals surface area contributed by atoms with Crippen molar-refractivity contribution in [1.82, 2.24) is 0 Å². The second-order valence-corrected chi connectivity index (χ2v) is 10.8. The summed E-state index contributed by atoms with van der Waals surface area (Å²) in [5.41, 5.74) is 2.44. The van der Waals surface area contributed by atoms with Crippen LogP contribution >= 0.6 is 0 Å². The van der Waals surface area contributed by atoms with Gasteiger partial charge in [0.05, 0.1) is 0 Å². The van der Waals surface area contributed by atoms with Gasteiger partial charge in [0.15, 0.2) is 0 Å². The van der Waals surface area contributed by atoms with Gasteiger partial charge >= 0.3 is 0 Å². The monoisotopic (exact) mass is 434 g/mol. The molecule has 4 atom stereocenters. The minimum atomic E-state index is -0.0588. The van der Waals surface area contributed by atoms with Crippen molar-refractivity contribution in [2.75, 3.05) is 0 Å². The standard InChI is InChI=1S/C31H43F/c1-3-5-7-8-9-11-23-12-13-26-21-27(15-14-25(26)18-23)28-16-17-29-19-24(10-6-4-2)20-31(32)30(29)22-28/h4,16-17,19-20,22-23,25-27H,2-3,5-15,18,21H2,1H3. The third-order valence-corrected chi connectivity index (χ3v) is 8.53. The molecule has 0 amide bonds. The van der Waals surface area contributed by atoms with Gasteiger partial charge in [-0.1, -0.05) is 76.1 Å². The first kappa shape index (κ1) is 23.5. The van der Waals surface area contributed by atoms with E-state index in [1.807, 2.05) is 6.08 Å². The minimum Gasteiger partial charge on any atom is -0.206 e. The van der Waals surface area contributed by atoms with Crippen molar-refractivity contribution < 1.29 is 4.39 Å². The molecule has 0 spiro atoms. The molecule has 4 rings (SSSR count). The van der Waals surface area contributed by atoms with Crippen LogP contribution in [-0.2, 0) is 6.42 Å². The van der Waals surface area contributed by atoms with Crippen LogP contribution in [0.15, 0.2) is 43.0 Å². The fraction of sp³-hybridized carbons (Fsp3) is 0.613. The van der Waals surface area contributed by atoms with Crippen LogP contribution in [-0.4, -0.2) is 0 Å². The summed E-state index contributed by atoms with van der Waals surface area (Å²) in [4.78, 5) is 0. The molecule has 0 aliphatic heterocycles. The Bertz CT molecular complexity index is 881. The Labute approximate surface area is 195 Å². The molecule has 0 nitrogen and oxygen atoms in total. The summed E-state index contributed by atoms with van der Waals surface area (Å²) in [7, 11) is 0. The van der Waals surface area contributed by atoms with E-state index in [9.17, 15) is 4.39 Å². The summed E-state index contributed by atoms with van der Waals surface area (Å²) in [6.45, 7) is 6.08. The van der Waals surface area contributed by atoms with Crippen LogP contribution in [0.1, 0.15) is 107 Å². The van der Waals surface area contributed by atoms with E-state index in [1.54, 1.807) is 6.07 Å². The fourth-order valence-corrected chi connectivity index (χ4v) is 6.64. The number of hydrogen-bond acceptors (Lipinski definition) is 0. The molecule has 2 aromatic rings. The van der Waals surface area contributed by atoms with Crippen LogP contribution in [0.2, 0.25) is 0 Å². The van der Waals surface area contributed by atoms with Crippen LogP contribution in [0.3, 0.4) is 0 Å². The number of allylic oxidation sites excluding steroid dienone is 1. The fourth-order valence-electron chi connectivity index (χ4n) is 6.64. The third kappa shape index (κ3) is 5.83. The highest BCUT2D eigenvalue weighted by Gasteiger charge is 2.35. The topological polar surface area (TPSA) is 0 Å². The molecule has 2 aliphatic carbocycles. The summed E-state index contributed by atoms with van der Waals surface area (Å²) < 4.78 is 14.9. The van der Waals surface area contributed by atoms with Crippen LogP contribution in [0.5, 0.6) is 0 Å². The van der Waals surface area contributed by atoms with E-state index in [4.69, 9.17) is 0 Å². The molecule has 0 heterocycles. The Kier molecular flexibility index (Phi) is 8.44. The number of fused-ring (bicyclic) bond motifs is 2. The van der Waals surface area contributed by atoms with Crippen molar-refractivity contribution in [3.63, 3.8) is 0 Å². The van der Waals surface area contributed by atoms with Crippen molar-refractivity contribution in [3.8, 4) is 0 Å². The van der Waals surface area contributed by atoms with Crippen molar-refractivity contribution >= 4 is 10.8 Å².